The summed E-state index contributed by atoms with van der Waals surface area (Å²) in [5.74, 6) is 0.876. The first kappa shape index (κ1) is 27.8. The highest BCUT2D eigenvalue weighted by Crippen LogP contribution is 2.43. The highest BCUT2D eigenvalue weighted by molar-refractivity contribution is 7.26. The van der Waals surface area contributed by atoms with Gasteiger partial charge in [0.25, 0.3) is 0 Å². The van der Waals surface area contributed by atoms with Gasteiger partial charge in [-0.1, -0.05) is 54.6 Å². The van der Waals surface area contributed by atoms with Crippen LogP contribution in [0.2, 0.25) is 0 Å². The molecule has 0 saturated heterocycles. The maximum Gasteiger partial charge on any atom is 0.137 e. The van der Waals surface area contributed by atoms with Crippen LogP contribution in [-0.4, -0.2) is 19.5 Å². The molecular formula is C38H30N4S. The zero-order chi connectivity index (χ0) is 29.8. The van der Waals surface area contributed by atoms with Crippen molar-refractivity contribution >= 4 is 53.4 Å². The Morgan fingerprint density at radius 1 is 0.674 bits per heavy atom. The van der Waals surface area contributed by atoms with Crippen LogP contribution in [0.4, 0.5) is 0 Å². The van der Waals surface area contributed by atoms with Crippen LogP contribution in [0.15, 0.2) is 148 Å². The minimum atomic E-state index is 0.876. The van der Waals surface area contributed by atoms with Crippen LogP contribution in [0.25, 0.3) is 70.2 Å². The van der Waals surface area contributed by atoms with E-state index in [0.717, 1.165) is 38.9 Å². The van der Waals surface area contributed by atoms with E-state index in [2.05, 4.69) is 108 Å². The molecule has 0 aliphatic rings. The molecule has 5 heterocycles. The Balaban J connectivity index is 0.000000622. The predicted molar refractivity (Wildman–Crippen MR) is 185 cm³/mol. The van der Waals surface area contributed by atoms with Gasteiger partial charge >= 0.3 is 0 Å². The molecule has 0 amide bonds. The lowest BCUT2D eigenvalue weighted by Crippen LogP contribution is -1.97. The summed E-state index contributed by atoms with van der Waals surface area (Å²) in [6.07, 6.45) is 9.17. The Morgan fingerprint density at radius 3 is 2.21 bits per heavy atom. The topological polar surface area (TPSA) is 43.6 Å². The highest BCUT2D eigenvalue weighted by Gasteiger charge is 2.18. The van der Waals surface area contributed by atoms with E-state index in [-0.39, 0.29) is 0 Å². The van der Waals surface area contributed by atoms with Crippen molar-refractivity contribution in [1.82, 2.24) is 19.5 Å². The molecule has 8 rings (SSSR count). The van der Waals surface area contributed by atoms with Crippen LogP contribution in [0.1, 0.15) is 6.92 Å². The van der Waals surface area contributed by atoms with E-state index < -0.39 is 0 Å². The number of allylic oxidation sites excluding steroid dienone is 1. The highest BCUT2D eigenvalue weighted by atomic mass is 32.1. The molecule has 0 fully saturated rings. The first-order valence-corrected chi connectivity index (χ1v) is 14.8. The zero-order valence-corrected chi connectivity index (χ0v) is 24.8. The number of pyridine rings is 3. The van der Waals surface area contributed by atoms with Crippen LogP contribution in [-0.2, 0) is 0 Å². The first-order chi connectivity index (χ1) is 21.3. The van der Waals surface area contributed by atoms with Gasteiger partial charge in [0, 0.05) is 55.9 Å². The maximum absolute atomic E-state index is 4.89. The molecule has 0 N–H and O–H groups in total. The van der Waals surface area contributed by atoms with Gasteiger partial charge < -0.3 is 0 Å². The summed E-state index contributed by atoms with van der Waals surface area (Å²) < 4.78 is 4.80. The van der Waals surface area contributed by atoms with Crippen molar-refractivity contribution in [3.63, 3.8) is 0 Å². The molecule has 0 aliphatic heterocycles. The molecule has 8 aromatic rings. The van der Waals surface area contributed by atoms with Crippen LogP contribution in [0, 0.1) is 0 Å². The summed E-state index contributed by atoms with van der Waals surface area (Å²) in [5, 5.41) is 3.68. The molecule has 4 nitrogen and oxygen atoms in total. The van der Waals surface area contributed by atoms with E-state index in [4.69, 9.17) is 9.97 Å². The summed E-state index contributed by atoms with van der Waals surface area (Å²) in [5.41, 5.74) is 7.84. The Labute approximate surface area is 255 Å². The van der Waals surface area contributed by atoms with Crippen molar-refractivity contribution in [2.75, 3.05) is 0 Å². The average Bonchev–Trinajstić information content (AvgIpc) is 3.61. The third-order valence-corrected chi connectivity index (χ3v) is 8.42. The number of aromatic nitrogens is 4. The molecule has 0 bridgehead atoms. The van der Waals surface area contributed by atoms with Crippen molar-refractivity contribution in [2.45, 2.75) is 6.92 Å². The Morgan fingerprint density at radius 2 is 1.47 bits per heavy atom. The Kier molecular flexibility index (Phi) is 7.90. The second-order valence-electron chi connectivity index (χ2n) is 9.77. The third-order valence-electron chi connectivity index (χ3n) is 7.21. The third kappa shape index (κ3) is 5.00. The molecular weight excluding hydrogens is 545 g/mol. The van der Waals surface area contributed by atoms with Gasteiger partial charge in [-0.2, -0.15) is 0 Å². The van der Waals surface area contributed by atoms with E-state index >= 15 is 0 Å². The lowest BCUT2D eigenvalue weighted by molar-refractivity contribution is 1.08. The number of hydrogen-bond donors (Lipinski definition) is 0. The second-order valence-corrected chi connectivity index (χ2v) is 10.8. The fourth-order valence-electron chi connectivity index (χ4n) is 5.45. The molecule has 0 unspecified atom stereocenters. The Hall–Kier alpha value is -5.39. The van der Waals surface area contributed by atoms with Crippen LogP contribution in [0.5, 0.6) is 0 Å². The van der Waals surface area contributed by atoms with Crippen LogP contribution >= 0.6 is 11.3 Å². The van der Waals surface area contributed by atoms with Gasteiger partial charge in [-0.3, -0.25) is 14.5 Å². The summed E-state index contributed by atoms with van der Waals surface area (Å²) >= 11 is 1.85. The molecule has 5 aromatic heterocycles. The minimum Gasteiger partial charge on any atom is -0.292 e. The van der Waals surface area contributed by atoms with Gasteiger partial charge in [-0.05, 0) is 72.1 Å². The SMILES string of the molecule is C=C.C=CC.c1ccc(-c2cccc3c2sc2cc4c(cc23)c2ncccc2n4-c2ccc(-c3ccncc3)cn2)cc1. The van der Waals surface area contributed by atoms with Crippen molar-refractivity contribution in [3.05, 3.63) is 148 Å². The van der Waals surface area contributed by atoms with E-state index in [1.807, 2.05) is 48.9 Å². The first-order valence-electron chi connectivity index (χ1n) is 14.0. The number of fused-ring (bicyclic) bond motifs is 6. The normalized spacial score (nSPS) is 10.7. The average molecular weight is 575 g/mol. The molecule has 0 radical (unpaired) electrons. The molecule has 43 heavy (non-hydrogen) atoms. The molecule has 0 atom stereocenters. The van der Waals surface area contributed by atoms with Gasteiger partial charge in [0.1, 0.15) is 5.82 Å². The molecule has 0 spiro atoms. The van der Waals surface area contributed by atoms with E-state index in [9.17, 15) is 0 Å². The van der Waals surface area contributed by atoms with Gasteiger partial charge in [-0.15, -0.1) is 31.1 Å². The standard InChI is InChI=1S/C33H20N4S.C3H6.C2H4/c1-2-6-22(7-3-1)24-8-4-9-25-26-18-27-29(19-30(26)38-33(24)25)37(28-10-5-15-35-32(27)28)31-12-11-23(20-36-31)21-13-16-34-17-14-21;1-3-2;1-2/h1-20H;3H,1H2,2H3;1-2H2. The van der Waals surface area contributed by atoms with Gasteiger partial charge in [0.2, 0.25) is 0 Å². The summed E-state index contributed by atoms with van der Waals surface area (Å²) in [6.45, 7) is 11.2. The predicted octanol–water partition coefficient (Wildman–Crippen LogP) is 10.7. The van der Waals surface area contributed by atoms with Crippen molar-refractivity contribution in [2.24, 2.45) is 0 Å². The molecule has 208 valence electrons. The van der Waals surface area contributed by atoms with Gasteiger partial charge in [0.15, 0.2) is 0 Å². The summed E-state index contributed by atoms with van der Waals surface area (Å²) in [6, 6.07) is 34.2. The van der Waals surface area contributed by atoms with Gasteiger partial charge in [0.05, 0.1) is 16.6 Å². The fourth-order valence-corrected chi connectivity index (χ4v) is 6.70. The van der Waals surface area contributed by atoms with Crippen molar-refractivity contribution in [1.29, 1.82) is 0 Å². The lowest BCUT2D eigenvalue weighted by Gasteiger charge is -2.08. The smallest absolute Gasteiger partial charge is 0.137 e. The quantitative estimate of drug-likeness (QED) is 0.197. The zero-order valence-electron chi connectivity index (χ0n) is 23.9. The van der Waals surface area contributed by atoms with Crippen molar-refractivity contribution < 1.29 is 0 Å². The fraction of sp³-hybridized carbons (Fsp3) is 0.0263. The van der Waals surface area contributed by atoms with E-state index in [1.165, 1.54) is 31.3 Å². The summed E-state index contributed by atoms with van der Waals surface area (Å²) in [7, 11) is 0. The summed E-state index contributed by atoms with van der Waals surface area (Å²) in [4.78, 5) is 13.8. The van der Waals surface area contributed by atoms with E-state index in [0.29, 0.717) is 0 Å². The largest absolute Gasteiger partial charge is 0.292 e. The van der Waals surface area contributed by atoms with Gasteiger partial charge in [-0.25, -0.2) is 4.98 Å². The molecule has 0 saturated carbocycles. The monoisotopic (exact) mass is 574 g/mol. The van der Waals surface area contributed by atoms with Crippen molar-refractivity contribution in [3.8, 4) is 28.1 Å². The second kappa shape index (κ2) is 12.2. The van der Waals surface area contributed by atoms with Crippen LogP contribution in [0.3, 0.4) is 0 Å². The minimum absolute atomic E-state index is 0.876. The molecule has 3 aromatic carbocycles. The Bertz CT molecular complexity index is 2180. The molecule has 5 heteroatoms. The number of hydrogen-bond acceptors (Lipinski definition) is 4. The van der Waals surface area contributed by atoms with E-state index in [1.54, 1.807) is 18.5 Å². The molecule has 0 aliphatic carbocycles. The maximum atomic E-state index is 4.89. The number of nitrogens with zero attached hydrogens (tertiary/aromatic N) is 4. The number of rotatable bonds is 3. The number of benzene rings is 3. The number of thiophene rings is 1. The van der Waals surface area contributed by atoms with Crippen LogP contribution < -0.4 is 0 Å². The lowest BCUT2D eigenvalue weighted by atomic mass is 10.0.